The molecule has 1 N–H and O–H groups in total. The minimum atomic E-state index is -0.962. The van der Waals surface area contributed by atoms with Gasteiger partial charge in [-0.2, -0.15) is 0 Å². The van der Waals surface area contributed by atoms with Crippen molar-refractivity contribution in [1.82, 2.24) is 0 Å². The third-order valence-electron chi connectivity index (χ3n) is 2.22. The highest BCUT2D eigenvalue weighted by Gasteiger charge is 2.15. The van der Waals surface area contributed by atoms with Gasteiger partial charge in [-0.1, -0.05) is 0 Å². The monoisotopic (exact) mass is 207 g/mol. The lowest BCUT2D eigenvalue weighted by Crippen LogP contribution is -2.19. The van der Waals surface area contributed by atoms with E-state index in [1.807, 2.05) is 13.8 Å². The maximum atomic E-state index is 10.9. The zero-order chi connectivity index (χ0) is 10.9. The quantitative estimate of drug-likeness (QED) is 0.730. The maximum absolute atomic E-state index is 10.9. The second-order valence-corrected chi connectivity index (χ2v) is 3.58. The van der Waals surface area contributed by atoms with E-state index >= 15 is 0 Å². The van der Waals surface area contributed by atoms with Crippen LogP contribution in [0.5, 0.6) is 5.75 Å². The summed E-state index contributed by atoms with van der Waals surface area (Å²) in [6.45, 7) is 3.75. The topological polar surface area (TPSA) is 46.5 Å². The average molecular weight is 207 g/mol. The third-order valence-corrected chi connectivity index (χ3v) is 2.72. The molecular weight excluding hydrogens is 196 g/mol. The fourth-order valence-electron chi connectivity index (χ4n) is 1.31. The summed E-state index contributed by atoms with van der Waals surface area (Å²) in [7, 11) is 4.80. The maximum Gasteiger partial charge on any atom is 0.335 e. The SMILES string of the molecule is COc1c(C)c(C)cc(C(=O)O)c1[Si]. The first-order valence-corrected chi connectivity index (χ1v) is 4.62. The van der Waals surface area contributed by atoms with Crippen LogP contribution in [0, 0.1) is 13.8 Å². The van der Waals surface area contributed by atoms with Crippen LogP contribution < -0.4 is 9.92 Å². The van der Waals surface area contributed by atoms with Crippen LogP contribution in [0.2, 0.25) is 0 Å². The van der Waals surface area contributed by atoms with Crippen molar-refractivity contribution >= 4 is 21.4 Å². The summed E-state index contributed by atoms with van der Waals surface area (Å²) >= 11 is 0. The molecule has 0 fully saturated rings. The summed E-state index contributed by atoms with van der Waals surface area (Å²) in [5, 5.41) is 9.40. The lowest BCUT2D eigenvalue weighted by atomic mass is 10.0. The fourth-order valence-corrected chi connectivity index (χ4v) is 1.78. The molecule has 0 saturated carbocycles. The molecule has 0 unspecified atom stereocenters. The molecule has 0 spiro atoms. The van der Waals surface area contributed by atoms with Crippen LogP contribution in [0.15, 0.2) is 6.07 Å². The number of benzene rings is 1. The highest BCUT2D eigenvalue weighted by Crippen LogP contribution is 2.20. The average Bonchev–Trinajstić information content (AvgIpc) is 2.12. The molecule has 0 saturated heterocycles. The van der Waals surface area contributed by atoms with Gasteiger partial charge in [0.25, 0.3) is 0 Å². The molecular formula is C10H11O3Si. The Kier molecular flexibility index (Phi) is 2.95. The normalized spacial score (nSPS) is 10.0. The molecule has 3 radical (unpaired) electrons. The van der Waals surface area contributed by atoms with Gasteiger partial charge in [-0.25, -0.2) is 4.79 Å². The Labute approximate surface area is 86.1 Å². The first kappa shape index (κ1) is 10.8. The second kappa shape index (κ2) is 3.83. The number of hydrogen-bond acceptors (Lipinski definition) is 2. The lowest BCUT2D eigenvalue weighted by molar-refractivity contribution is 0.0698. The Morgan fingerprint density at radius 2 is 2.07 bits per heavy atom. The number of methoxy groups -OCH3 is 1. The van der Waals surface area contributed by atoms with Gasteiger partial charge in [0.1, 0.15) is 5.75 Å². The van der Waals surface area contributed by atoms with E-state index in [4.69, 9.17) is 9.84 Å². The van der Waals surface area contributed by atoms with E-state index in [1.54, 1.807) is 6.07 Å². The van der Waals surface area contributed by atoms with Gasteiger partial charge in [0.2, 0.25) is 0 Å². The number of carboxylic acid groups (broad SMARTS) is 1. The number of hydrogen-bond donors (Lipinski definition) is 1. The van der Waals surface area contributed by atoms with Crippen LogP contribution in [0.3, 0.4) is 0 Å². The van der Waals surface area contributed by atoms with E-state index < -0.39 is 5.97 Å². The molecule has 14 heavy (non-hydrogen) atoms. The van der Waals surface area contributed by atoms with Crippen LogP contribution in [0.4, 0.5) is 0 Å². The van der Waals surface area contributed by atoms with Crippen molar-refractivity contribution < 1.29 is 14.6 Å². The molecule has 0 aliphatic carbocycles. The Morgan fingerprint density at radius 1 is 1.50 bits per heavy atom. The molecule has 1 aromatic rings. The smallest absolute Gasteiger partial charge is 0.335 e. The van der Waals surface area contributed by atoms with Crippen molar-refractivity contribution in [1.29, 1.82) is 0 Å². The lowest BCUT2D eigenvalue weighted by Gasteiger charge is -2.13. The van der Waals surface area contributed by atoms with Gasteiger partial charge in [0, 0.05) is 0 Å². The zero-order valence-electron chi connectivity index (χ0n) is 8.34. The number of carboxylic acids is 1. The van der Waals surface area contributed by atoms with Crippen LogP contribution in [-0.4, -0.2) is 28.4 Å². The summed E-state index contributed by atoms with van der Waals surface area (Å²) < 4.78 is 5.14. The zero-order valence-corrected chi connectivity index (χ0v) is 9.34. The molecule has 0 heterocycles. The second-order valence-electron chi connectivity index (χ2n) is 3.08. The number of carbonyl (C=O) groups is 1. The predicted molar refractivity (Wildman–Crippen MR) is 54.8 cm³/mol. The van der Waals surface area contributed by atoms with Gasteiger partial charge in [0.15, 0.2) is 0 Å². The molecule has 0 aromatic heterocycles. The van der Waals surface area contributed by atoms with E-state index in [0.717, 1.165) is 11.1 Å². The van der Waals surface area contributed by atoms with Gasteiger partial charge in [-0.05, 0) is 36.2 Å². The van der Waals surface area contributed by atoms with Gasteiger partial charge in [0.05, 0.1) is 22.9 Å². The van der Waals surface area contributed by atoms with E-state index in [-0.39, 0.29) is 5.56 Å². The van der Waals surface area contributed by atoms with Crippen LogP contribution >= 0.6 is 0 Å². The minimum Gasteiger partial charge on any atom is -0.497 e. The van der Waals surface area contributed by atoms with Crippen molar-refractivity contribution in [3.05, 3.63) is 22.8 Å². The van der Waals surface area contributed by atoms with Crippen LogP contribution in [0.25, 0.3) is 0 Å². The van der Waals surface area contributed by atoms with Gasteiger partial charge in [-0.15, -0.1) is 0 Å². The molecule has 1 rings (SSSR count). The van der Waals surface area contributed by atoms with Crippen molar-refractivity contribution in [2.45, 2.75) is 13.8 Å². The molecule has 3 nitrogen and oxygen atoms in total. The molecule has 0 atom stereocenters. The highest BCUT2D eigenvalue weighted by atomic mass is 28.1. The van der Waals surface area contributed by atoms with E-state index in [0.29, 0.717) is 10.9 Å². The predicted octanol–water partition coefficient (Wildman–Crippen LogP) is 0.804. The Morgan fingerprint density at radius 3 is 2.50 bits per heavy atom. The van der Waals surface area contributed by atoms with Crippen LogP contribution in [0.1, 0.15) is 21.5 Å². The van der Waals surface area contributed by atoms with Crippen LogP contribution in [-0.2, 0) is 0 Å². The Hall–Kier alpha value is -1.29. The van der Waals surface area contributed by atoms with Gasteiger partial charge < -0.3 is 9.84 Å². The summed E-state index contributed by atoms with van der Waals surface area (Å²) in [5.74, 6) is -0.379. The third kappa shape index (κ3) is 1.65. The summed E-state index contributed by atoms with van der Waals surface area (Å²) in [5.41, 5.74) is 2.07. The number of ether oxygens (including phenoxy) is 1. The first-order chi connectivity index (χ1) is 6.49. The number of aryl methyl sites for hydroxylation is 1. The van der Waals surface area contributed by atoms with E-state index in [2.05, 4.69) is 10.2 Å². The van der Waals surface area contributed by atoms with Crippen molar-refractivity contribution in [3.8, 4) is 5.75 Å². The molecule has 1 aromatic carbocycles. The molecule has 0 aliphatic rings. The summed E-state index contributed by atoms with van der Waals surface area (Å²) in [6, 6.07) is 1.63. The van der Waals surface area contributed by atoms with E-state index in [9.17, 15) is 4.79 Å². The Balaban J connectivity index is 3.50. The molecule has 0 aliphatic heterocycles. The van der Waals surface area contributed by atoms with Gasteiger partial charge >= 0.3 is 5.97 Å². The number of aromatic carboxylic acids is 1. The summed E-state index contributed by atoms with van der Waals surface area (Å²) in [6.07, 6.45) is 0. The van der Waals surface area contributed by atoms with Crippen molar-refractivity contribution in [2.75, 3.05) is 7.11 Å². The first-order valence-electron chi connectivity index (χ1n) is 4.12. The van der Waals surface area contributed by atoms with E-state index in [1.165, 1.54) is 7.11 Å². The summed E-state index contributed by atoms with van der Waals surface area (Å²) in [4.78, 5) is 10.9. The highest BCUT2D eigenvalue weighted by molar-refractivity contribution is 6.38. The Bertz CT molecular complexity index is 385. The van der Waals surface area contributed by atoms with Crippen molar-refractivity contribution in [3.63, 3.8) is 0 Å². The van der Waals surface area contributed by atoms with Gasteiger partial charge in [-0.3, -0.25) is 0 Å². The molecule has 0 bridgehead atoms. The van der Waals surface area contributed by atoms with Crippen molar-refractivity contribution in [2.24, 2.45) is 0 Å². The molecule has 0 amide bonds. The minimum absolute atomic E-state index is 0.224. The standard InChI is InChI=1S/C10H11O3Si/c1-5-4-7(10(11)12)9(14)8(13-3)6(5)2/h4H,1-3H3,(H,11,12). The molecule has 4 heteroatoms. The fraction of sp³-hybridized carbons (Fsp3) is 0.300. The largest absolute Gasteiger partial charge is 0.497 e. The molecule has 73 valence electrons. The number of rotatable bonds is 2.